The molecule has 0 saturated heterocycles. The first kappa shape index (κ1) is 12.8. The van der Waals surface area contributed by atoms with Crippen molar-refractivity contribution in [3.05, 3.63) is 0 Å². The van der Waals surface area contributed by atoms with E-state index in [0.717, 1.165) is 18.6 Å². The quantitative estimate of drug-likeness (QED) is 0.617. The van der Waals surface area contributed by atoms with Gasteiger partial charge in [-0.1, -0.05) is 13.3 Å². The molecule has 1 atom stereocenters. The zero-order chi connectivity index (χ0) is 10.1. The van der Waals surface area contributed by atoms with E-state index in [9.17, 15) is 4.79 Å². The summed E-state index contributed by atoms with van der Waals surface area (Å²) in [5.41, 5.74) is 0. The first-order valence-corrected chi connectivity index (χ1v) is 5.80. The maximum absolute atomic E-state index is 10.6. The Morgan fingerprint density at radius 1 is 1.54 bits per heavy atom. The molecule has 0 rings (SSSR count). The van der Waals surface area contributed by atoms with Gasteiger partial charge in [0.05, 0.1) is 0 Å². The van der Waals surface area contributed by atoms with Crippen LogP contribution in [0.25, 0.3) is 0 Å². The summed E-state index contributed by atoms with van der Waals surface area (Å²) in [6.07, 6.45) is 1.66. The predicted octanol–water partition coefficient (Wildman–Crippen LogP) is 2.01. The van der Waals surface area contributed by atoms with Crippen LogP contribution in [0.2, 0.25) is 0 Å². The van der Waals surface area contributed by atoms with Crippen LogP contribution >= 0.6 is 11.8 Å². The van der Waals surface area contributed by atoms with Crippen LogP contribution in [0.15, 0.2) is 0 Å². The molecule has 0 aromatic carbocycles. The Morgan fingerprint density at radius 3 is 2.69 bits per heavy atom. The molecule has 78 valence electrons. The number of carboxylic acids is 1. The van der Waals surface area contributed by atoms with E-state index >= 15 is 0 Å². The first-order chi connectivity index (χ1) is 6.22. The van der Waals surface area contributed by atoms with E-state index in [1.165, 1.54) is 0 Å². The van der Waals surface area contributed by atoms with Crippen molar-refractivity contribution in [1.29, 1.82) is 0 Å². The Hall–Kier alpha value is -0.220. The molecule has 0 fully saturated rings. The van der Waals surface area contributed by atoms with Crippen LogP contribution in [0.4, 0.5) is 0 Å². The van der Waals surface area contributed by atoms with Gasteiger partial charge >= 0.3 is 5.97 Å². The van der Waals surface area contributed by atoms with E-state index in [1.54, 1.807) is 11.8 Å². The van der Waals surface area contributed by atoms with Crippen molar-refractivity contribution >= 4 is 17.7 Å². The number of thioether (sulfide) groups is 1. The summed E-state index contributed by atoms with van der Waals surface area (Å²) < 4.78 is 5.06. The topological polar surface area (TPSA) is 46.5 Å². The molecule has 0 aromatic rings. The number of hydrogen-bond donors (Lipinski definition) is 1. The first-order valence-electron chi connectivity index (χ1n) is 4.64. The van der Waals surface area contributed by atoms with Crippen molar-refractivity contribution in [1.82, 2.24) is 0 Å². The average Bonchev–Trinajstić information content (AvgIpc) is 2.10. The van der Waals surface area contributed by atoms with Crippen LogP contribution in [0, 0.1) is 0 Å². The molecule has 1 N–H and O–H groups in total. The molecule has 0 aliphatic heterocycles. The van der Waals surface area contributed by atoms with E-state index in [1.807, 2.05) is 6.92 Å². The van der Waals surface area contributed by atoms with Gasteiger partial charge in [-0.3, -0.25) is 0 Å². The Balaban J connectivity index is 3.51. The molecule has 1 unspecified atom stereocenters. The minimum Gasteiger partial charge on any atom is -0.479 e. The Morgan fingerprint density at radius 2 is 2.23 bits per heavy atom. The van der Waals surface area contributed by atoms with Crippen molar-refractivity contribution in [3.63, 3.8) is 0 Å². The molecule has 3 nitrogen and oxygen atoms in total. The van der Waals surface area contributed by atoms with Crippen molar-refractivity contribution < 1.29 is 14.6 Å². The van der Waals surface area contributed by atoms with E-state index in [-0.39, 0.29) is 0 Å². The van der Waals surface area contributed by atoms with Crippen LogP contribution in [-0.4, -0.2) is 35.3 Å². The van der Waals surface area contributed by atoms with Gasteiger partial charge in [0.1, 0.15) is 0 Å². The van der Waals surface area contributed by atoms with Crippen molar-refractivity contribution in [3.8, 4) is 0 Å². The summed E-state index contributed by atoms with van der Waals surface area (Å²) in [5, 5.41) is 8.72. The van der Waals surface area contributed by atoms with Gasteiger partial charge in [-0.2, -0.15) is 11.8 Å². The molecule has 4 heteroatoms. The highest BCUT2D eigenvalue weighted by atomic mass is 32.2. The summed E-state index contributed by atoms with van der Waals surface area (Å²) in [6, 6.07) is 0. The number of unbranched alkanes of at least 4 members (excludes halogenated alkanes) is 1. The summed E-state index contributed by atoms with van der Waals surface area (Å²) >= 11 is 1.65. The standard InChI is InChI=1S/C9H18O3S/c1-3-5-6-13-7-8(9(10)11)12-4-2/h8H,3-7H2,1-2H3,(H,10,11). The third-order valence-corrected chi connectivity index (χ3v) is 2.67. The third kappa shape index (κ3) is 6.90. The molecular formula is C9H18O3S. The summed E-state index contributed by atoms with van der Waals surface area (Å²) in [4.78, 5) is 10.6. The van der Waals surface area contributed by atoms with Crippen LogP contribution < -0.4 is 0 Å². The minimum absolute atomic E-state index is 0.464. The van der Waals surface area contributed by atoms with Gasteiger partial charge in [-0.15, -0.1) is 0 Å². The lowest BCUT2D eigenvalue weighted by molar-refractivity contribution is -0.148. The lowest BCUT2D eigenvalue weighted by atomic mass is 10.4. The fourth-order valence-electron chi connectivity index (χ4n) is 0.829. The Kier molecular flexibility index (Phi) is 8.24. The number of carboxylic acid groups (broad SMARTS) is 1. The van der Waals surface area contributed by atoms with Gasteiger partial charge in [0.25, 0.3) is 0 Å². The number of rotatable bonds is 8. The van der Waals surface area contributed by atoms with Crippen LogP contribution in [0.1, 0.15) is 26.7 Å². The van der Waals surface area contributed by atoms with E-state index in [0.29, 0.717) is 12.4 Å². The van der Waals surface area contributed by atoms with E-state index in [2.05, 4.69) is 6.92 Å². The molecule has 0 amide bonds. The highest BCUT2D eigenvalue weighted by molar-refractivity contribution is 7.99. The largest absolute Gasteiger partial charge is 0.479 e. The second-order valence-electron chi connectivity index (χ2n) is 2.71. The SMILES string of the molecule is CCCCSCC(OCC)C(=O)O. The molecular weight excluding hydrogens is 188 g/mol. The van der Waals surface area contributed by atoms with Crippen molar-refractivity contribution in [2.24, 2.45) is 0 Å². The average molecular weight is 206 g/mol. The Bertz CT molecular complexity index is 139. The highest BCUT2D eigenvalue weighted by Crippen LogP contribution is 2.08. The van der Waals surface area contributed by atoms with Crippen LogP contribution in [0.3, 0.4) is 0 Å². The zero-order valence-electron chi connectivity index (χ0n) is 8.28. The molecule has 0 aliphatic rings. The van der Waals surface area contributed by atoms with E-state index in [4.69, 9.17) is 9.84 Å². The lowest BCUT2D eigenvalue weighted by Crippen LogP contribution is -2.26. The van der Waals surface area contributed by atoms with Gasteiger partial charge in [0.2, 0.25) is 0 Å². The molecule has 0 spiro atoms. The third-order valence-electron chi connectivity index (χ3n) is 1.55. The maximum atomic E-state index is 10.6. The second kappa shape index (κ2) is 8.38. The number of carbonyl (C=O) groups is 1. The van der Waals surface area contributed by atoms with Gasteiger partial charge in [0.15, 0.2) is 6.10 Å². The monoisotopic (exact) mass is 206 g/mol. The summed E-state index contributed by atoms with van der Waals surface area (Å²) in [6.45, 7) is 4.40. The molecule has 0 saturated carbocycles. The fourth-order valence-corrected chi connectivity index (χ4v) is 1.94. The predicted molar refractivity (Wildman–Crippen MR) is 55.3 cm³/mol. The highest BCUT2D eigenvalue weighted by Gasteiger charge is 2.16. The Labute approximate surface area is 83.9 Å². The van der Waals surface area contributed by atoms with Gasteiger partial charge in [0, 0.05) is 12.4 Å². The maximum Gasteiger partial charge on any atom is 0.333 e. The van der Waals surface area contributed by atoms with Crippen LogP contribution in [0.5, 0.6) is 0 Å². The molecule has 0 radical (unpaired) electrons. The van der Waals surface area contributed by atoms with Gasteiger partial charge in [-0.25, -0.2) is 4.79 Å². The smallest absolute Gasteiger partial charge is 0.333 e. The minimum atomic E-state index is -0.856. The molecule has 0 aliphatic carbocycles. The normalized spacial score (nSPS) is 12.8. The summed E-state index contributed by atoms with van der Waals surface area (Å²) in [5.74, 6) is 0.724. The van der Waals surface area contributed by atoms with Crippen LogP contribution in [-0.2, 0) is 9.53 Å². The van der Waals surface area contributed by atoms with Gasteiger partial charge < -0.3 is 9.84 Å². The lowest BCUT2D eigenvalue weighted by Gasteiger charge is -2.11. The van der Waals surface area contributed by atoms with E-state index < -0.39 is 12.1 Å². The second-order valence-corrected chi connectivity index (χ2v) is 3.86. The molecule has 0 bridgehead atoms. The fraction of sp³-hybridized carbons (Fsp3) is 0.889. The number of ether oxygens (including phenoxy) is 1. The molecule has 0 aromatic heterocycles. The number of aliphatic carboxylic acids is 1. The van der Waals surface area contributed by atoms with Crippen molar-refractivity contribution in [2.45, 2.75) is 32.8 Å². The number of hydrogen-bond acceptors (Lipinski definition) is 3. The summed E-state index contributed by atoms with van der Waals surface area (Å²) in [7, 11) is 0. The van der Waals surface area contributed by atoms with Crippen molar-refractivity contribution in [2.75, 3.05) is 18.1 Å². The zero-order valence-corrected chi connectivity index (χ0v) is 9.10. The van der Waals surface area contributed by atoms with Gasteiger partial charge in [-0.05, 0) is 19.1 Å². The molecule has 13 heavy (non-hydrogen) atoms. The molecule has 0 heterocycles.